The van der Waals surface area contributed by atoms with Crippen LogP contribution in [0.15, 0.2) is 30.5 Å². The molecule has 1 aromatic heterocycles. The van der Waals surface area contributed by atoms with Crippen molar-refractivity contribution in [1.82, 2.24) is 20.4 Å². The van der Waals surface area contributed by atoms with Gasteiger partial charge < -0.3 is 11.1 Å². The van der Waals surface area contributed by atoms with Crippen LogP contribution in [0.1, 0.15) is 24.0 Å². The number of aromatic amines is 1. The number of halogens is 4. The van der Waals surface area contributed by atoms with E-state index >= 15 is 0 Å². The van der Waals surface area contributed by atoms with Crippen LogP contribution in [-0.2, 0) is 17.5 Å². The lowest BCUT2D eigenvalue weighted by Gasteiger charge is -2.31. The topological polar surface area (TPSA) is 87.0 Å². The molecule has 2 aromatic rings. The number of likely N-dealkylation sites (tertiary alicyclic amines) is 1. The van der Waals surface area contributed by atoms with Gasteiger partial charge in [-0.1, -0.05) is 12.1 Å². The molecule has 1 fully saturated rings. The average Bonchev–Trinajstić information content (AvgIpc) is 3.13. The number of amides is 1. The van der Waals surface area contributed by atoms with Gasteiger partial charge in [0, 0.05) is 31.7 Å². The lowest BCUT2D eigenvalue weighted by molar-refractivity contribution is -0.137. The predicted octanol–water partition coefficient (Wildman–Crippen LogP) is 2.80. The van der Waals surface area contributed by atoms with Crippen molar-refractivity contribution in [3.63, 3.8) is 0 Å². The first-order valence-corrected chi connectivity index (χ1v) is 9.28. The van der Waals surface area contributed by atoms with Crippen LogP contribution in [0.25, 0.3) is 11.3 Å². The molecule has 10 heteroatoms. The number of piperidine rings is 1. The first-order chi connectivity index (χ1) is 13.4. The van der Waals surface area contributed by atoms with E-state index in [0.717, 1.165) is 37.1 Å². The number of hydrogen-bond acceptors (Lipinski definition) is 4. The van der Waals surface area contributed by atoms with Crippen molar-refractivity contribution in [2.24, 2.45) is 11.7 Å². The standard InChI is InChI=1S/C19H24F3N5O.ClH/c20-19(21,22)16-5-3-13(4-6-16)17-15(10-25-26-17)12-27-9-1-2-14(11-27)18(28)24-8-7-23;/h3-6,10,14H,1-2,7-9,11-12,23H2,(H,24,28)(H,25,26);1H. The van der Waals surface area contributed by atoms with Gasteiger partial charge >= 0.3 is 6.18 Å². The van der Waals surface area contributed by atoms with E-state index in [1.165, 1.54) is 12.1 Å². The van der Waals surface area contributed by atoms with E-state index in [1.54, 1.807) is 6.20 Å². The highest BCUT2D eigenvalue weighted by molar-refractivity contribution is 5.85. The van der Waals surface area contributed by atoms with Crippen molar-refractivity contribution in [1.29, 1.82) is 0 Å². The lowest BCUT2D eigenvalue weighted by atomic mass is 9.96. The van der Waals surface area contributed by atoms with Gasteiger partial charge in [0.15, 0.2) is 0 Å². The van der Waals surface area contributed by atoms with E-state index in [-0.39, 0.29) is 24.2 Å². The second-order valence-corrected chi connectivity index (χ2v) is 7.00. The predicted molar refractivity (Wildman–Crippen MR) is 106 cm³/mol. The molecule has 0 aliphatic carbocycles. The largest absolute Gasteiger partial charge is 0.416 e. The van der Waals surface area contributed by atoms with Gasteiger partial charge in [-0.25, -0.2) is 0 Å². The van der Waals surface area contributed by atoms with Gasteiger partial charge in [0.05, 0.1) is 23.4 Å². The molecule has 2 heterocycles. The molecule has 160 valence electrons. The van der Waals surface area contributed by atoms with Gasteiger partial charge in [-0.15, -0.1) is 12.4 Å². The molecular formula is C19H25ClF3N5O. The second kappa shape index (κ2) is 10.1. The number of carbonyl (C=O) groups is 1. The third-order valence-corrected chi connectivity index (χ3v) is 4.93. The summed E-state index contributed by atoms with van der Waals surface area (Å²) in [6.45, 7) is 2.95. The van der Waals surface area contributed by atoms with Crippen LogP contribution in [0, 0.1) is 5.92 Å². The third kappa shape index (κ3) is 5.94. The summed E-state index contributed by atoms with van der Waals surface area (Å²) in [5.74, 6) is -0.0629. The van der Waals surface area contributed by atoms with Gasteiger partial charge in [-0.05, 0) is 37.1 Å². The minimum Gasteiger partial charge on any atom is -0.355 e. The maximum Gasteiger partial charge on any atom is 0.416 e. The van der Waals surface area contributed by atoms with Crippen LogP contribution < -0.4 is 11.1 Å². The summed E-state index contributed by atoms with van der Waals surface area (Å²) in [4.78, 5) is 14.4. The Hall–Kier alpha value is -2.10. The van der Waals surface area contributed by atoms with Crippen molar-refractivity contribution < 1.29 is 18.0 Å². The molecule has 1 saturated heterocycles. The lowest BCUT2D eigenvalue weighted by Crippen LogP contribution is -2.43. The number of rotatable bonds is 6. The fourth-order valence-corrected chi connectivity index (χ4v) is 3.50. The first-order valence-electron chi connectivity index (χ1n) is 9.28. The number of nitrogens with two attached hydrogens (primary N) is 1. The number of nitrogens with one attached hydrogen (secondary N) is 2. The zero-order valence-corrected chi connectivity index (χ0v) is 16.7. The maximum atomic E-state index is 12.8. The number of benzene rings is 1. The molecule has 1 amide bonds. The maximum absolute atomic E-state index is 12.8. The van der Waals surface area contributed by atoms with E-state index in [9.17, 15) is 18.0 Å². The van der Waals surface area contributed by atoms with E-state index in [0.29, 0.717) is 37.4 Å². The molecule has 1 aliphatic rings. The monoisotopic (exact) mass is 431 g/mol. The fraction of sp³-hybridized carbons (Fsp3) is 0.474. The number of nitrogens with zero attached hydrogens (tertiary/aromatic N) is 2. The zero-order chi connectivity index (χ0) is 20.1. The molecule has 0 spiro atoms. The van der Waals surface area contributed by atoms with E-state index in [1.807, 2.05) is 0 Å². The zero-order valence-electron chi connectivity index (χ0n) is 15.8. The Balaban J connectivity index is 0.00000300. The highest BCUT2D eigenvalue weighted by Crippen LogP contribution is 2.31. The third-order valence-electron chi connectivity index (χ3n) is 4.93. The van der Waals surface area contributed by atoms with Crippen molar-refractivity contribution in [2.45, 2.75) is 25.6 Å². The van der Waals surface area contributed by atoms with Crippen molar-refractivity contribution in [3.8, 4) is 11.3 Å². The Morgan fingerprint density at radius 2 is 2.03 bits per heavy atom. The summed E-state index contributed by atoms with van der Waals surface area (Å²) in [6.07, 6.45) is -0.925. The van der Waals surface area contributed by atoms with Crippen molar-refractivity contribution in [3.05, 3.63) is 41.6 Å². The Kier molecular flexibility index (Phi) is 8.06. The average molecular weight is 432 g/mol. The first kappa shape index (κ1) is 23.2. The Bertz CT molecular complexity index is 794. The molecule has 3 rings (SSSR count). The summed E-state index contributed by atoms with van der Waals surface area (Å²) in [6, 6.07) is 5.02. The number of alkyl halides is 3. The van der Waals surface area contributed by atoms with E-state index in [2.05, 4.69) is 20.4 Å². The minimum atomic E-state index is -4.36. The molecule has 4 N–H and O–H groups in total. The summed E-state index contributed by atoms with van der Waals surface area (Å²) in [7, 11) is 0. The Labute approximate surface area is 173 Å². The van der Waals surface area contributed by atoms with Crippen LogP contribution in [0.5, 0.6) is 0 Å². The molecule has 1 aromatic carbocycles. The molecule has 0 bridgehead atoms. The van der Waals surface area contributed by atoms with Crippen molar-refractivity contribution in [2.75, 3.05) is 26.2 Å². The van der Waals surface area contributed by atoms with Gasteiger partial charge in [0.25, 0.3) is 0 Å². The smallest absolute Gasteiger partial charge is 0.355 e. The summed E-state index contributed by atoms with van der Waals surface area (Å²) < 4.78 is 38.3. The highest BCUT2D eigenvalue weighted by Gasteiger charge is 2.30. The van der Waals surface area contributed by atoms with Crippen LogP contribution in [0.4, 0.5) is 13.2 Å². The summed E-state index contributed by atoms with van der Waals surface area (Å²) >= 11 is 0. The summed E-state index contributed by atoms with van der Waals surface area (Å²) in [5, 5.41) is 9.78. The second-order valence-electron chi connectivity index (χ2n) is 7.00. The van der Waals surface area contributed by atoms with Crippen molar-refractivity contribution >= 4 is 18.3 Å². The van der Waals surface area contributed by atoms with Gasteiger partial charge in [-0.3, -0.25) is 14.8 Å². The van der Waals surface area contributed by atoms with Gasteiger partial charge in [-0.2, -0.15) is 18.3 Å². The van der Waals surface area contributed by atoms with E-state index in [4.69, 9.17) is 5.73 Å². The molecule has 0 saturated carbocycles. The SMILES string of the molecule is Cl.NCCNC(=O)C1CCCN(Cc2cn[nH]c2-c2ccc(C(F)(F)F)cc2)C1. The molecule has 29 heavy (non-hydrogen) atoms. The Morgan fingerprint density at radius 1 is 1.31 bits per heavy atom. The molecule has 1 atom stereocenters. The number of H-pyrrole nitrogens is 1. The fourth-order valence-electron chi connectivity index (χ4n) is 3.50. The molecular weight excluding hydrogens is 407 g/mol. The number of carbonyl (C=O) groups excluding carboxylic acids is 1. The van der Waals surface area contributed by atoms with Crippen LogP contribution in [-0.4, -0.2) is 47.2 Å². The molecule has 1 aliphatic heterocycles. The van der Waals surface area contributed by atoms with Gasteiger partial charge in [0.2, 0.25) is 5.91 Å². The molecule has 1 unspecified atom stereocenters. The van der Waals surface area contributed by atoms with Crippen LogP contribution in [0.2, 0.25) is 0 Å². The summed E-state index contributed by atoms with van der Waals surface area (Å²) in [5.41, 5.74) is 6.99. The minimum absolute atomic E-state index is 0. The van der Waals surface area contributed by atoms with Gasteiger partial charge in [0.1, 0.15) is 0 Å². The highest BCUT2D eigenvalue weighted by atomic mass is 35.5. The van der Waals surface area contributed by atoms with Crippen LogP contribution in [0.3, 0.4) is 0 Å². The molecule has 0 radical (unpaired) electrons. The quantitative estimate of drug-likeness (QED) is 0.656. The normalized spacial score (nSPS) is 17.6. The van der Waals surface area contributed by atoms with E-state index < -0.39 is 11.7 Å². The van der Waals surface area contributed by atoms with Crippen LogP contribution >= 0.6 is 12.4 Å². The Morgan fingerprint density at radius 3 is 2.69 bits per heavy atom. The number of aromatic nitrogens is 2. The number of hydrogen-bond donors (Lipinski definition) is 3. The molecule has 6 nitrogen and oxygen atoms in total.